The second-order valence-electron chi connectivity index (χ2n) is 5.38. The maximum atomic E-state index is 12.1. The summed E-state index contributed by atoms with van der Waals surface area (Å²) in [5, 5.41) is 4.37. The molecule has 5 nitrogen and oxygen atoms in total. The zero-order valence-electron chi connectivity index (χ0n) is 14.0. The predicted octanol–water partition coefficient (Wildman–Crippen LogP) is 4.66. The molecule has 7 heteroatoms. The van der Waals surface area contributed by atoms with E-state index in [1.807, 2.05) is 19.9 Å². The second-order valence-corrected chi connectivity index (χ2v) is 6.64. The Labute approximate surface area is 160 Å². The number of nitrogens with one attached hydrogen (secondary N) is 1. The smallest absolute Gasteiger partial charge is 0.272 e. The number of halogens is 2. The average Bonchev–Trinajstić information content (AvgIpc) is 2.57. The van der Waals surface area contributed by atoms with Gasteiger partial charge < -0.3 is 9.47 Å². The van der Waals surface area contributed by atoms with E-state index in [4.69, 9.17) is 21.1 Å². The van der Waals surface area contributed by atoms with Crippen LogP contribution in [0.5, 0.6) is 11.5 Å². The Morgan fingerprint density at radius 1 is 1.32 bits per heavy atom. The number of carbonyl (C=O) groups is 1. The van der Waals surface area contributed by atoms with Crippen LogP contribution < -0.4 is 14.9 Å². The van der Waals surface area contributed by atoms with Crippen LogP contribution in [-0.4, -0.2) is 25.3 Å². The van der Waals surface area contributed by atoms with Crippen molar-refractivity contribution in [2.45, 2.75) is 20.0 Å². The summed E-state index contributed by atoms with van der Waals surface area (Å²) in [5.41, 5.74) is 3.65. The molecule has 0 heterocycles. The lowest BCUT2D eigenvalue weighted by molar-refractivity contribution is 0.0954. The quantitative estimate of drug-likeness (QED) is 0.541. The summed E-state index contributed by atoms with van der Waals surface area (Å²) in [7, 11) is 1.54. The molecule has 0 saturated carbocycles. The molecule has 25 heavy (non-hydrogen) atoms. The Morgan fingerprint density at radius 2 is 2.04 bits per heavy atom. The minimum atomic E-state index is -0.318. The molecule has 2 rings (SSSR count). The van der Waals surface area contributed by atoms with Crippen LogP contribution in [0.2, 0.25) is 5.02 Å². The van der Waals surface area contributed by atoms with Crippen molar-refractivity contribution < 1.29 is 14.3 Å². The van der Waals surface area contributed by atoms with Gasteiger partial charge in [0.15, 0.2) is 11.5 Å². The van der Waals surface area contributed by atoms with Crippen molar-refractivity contribution in [2.24, 2.45) is 5.10 Å². The van der Waals surface area contributed by atoms with Crippen LogP contribution in [0.25, 0.3) is 0 Å². The van der Waals surface area contributed by atoms with Gasteiger partial charge >= 0.3 is 0 Å². The maximum Gasteiger partial charge on any atom is 0.272 e. The van der Waals surface area contributed by atoms with Crippen molar-refractivity contribution in [3.8, 4) is 11.5 Å². The molecule has 2 aromatic rings. The molecule has 132 valence electrons. The molecule has 0 spiro atoms. The molecule has 1 amide bonds. The number of hydrogen-bond donors (Lipinski definition) is 1. The van der Waals surface area contributed by atoms with E-state index in [1.54, 1.807) is 30.3 Å². The molecule has 0 saturated heterocycles. The fourth-order valence-corrected chi connectivity index (χ4v) is 2.76. The standard InChI is InChI=1S/C18H18BrClN2O3/c1-11(2)25-17-15(20)8-12(9-16(17)24-3)10-21-22-18(23)13-6-4-5-7-14(13)19/h4-11H,1-3H3,(H,22,23)/b21-10+. The topological polar surface area (TPSA) is 59.9 Å². The highest BCUT2D eigenvalue weighted by Gasteiger charge is 2.13. The van der Waals surface area contributed by atoms with Gasteiger partial charge in [-0.15, -0.1) is 0 Å². The number of amides is 1. The van der Waals surface area contributed by atoms with E-state index in [-0.39, 0.29) is 12.0 Å². The molecule has 0 fully saturated rings. The number of benzene rings is 2. The van der Waals surface area contributed by atoms with Crippen molar-refractivity contribution in [2.75, 3.05) is 7.11 Å². The molecule has 0 atom stereocenters. The van der Waals surface area contributed by atoms with E-state index in [1.165, 1.54) is 13.3 Å². The van der Waals surface area contributed by atoms with Crippen LogP contribution in [-0.2, 0) is 0 Å². The highest BCUT2D eigenvalue weighted by Crippen LogP contribution is 2.36. The summed E-state index contributed by atoms with van der Waals surface area (Å²) in [4.78, 5) is 12.1. The lowest BCUT2D eigenvalue weighted by atomic mass is 10.2. The van der Waals surface area contributed by atoms with Gasteiger partial charge in [0.25, 0.3) is 5.91 Å². The van der Waals surface area contributed by atoms with Gasteiger partial charge in [0.2, 0.25) is 0 Å². The van der Waals surface area contributed by atoms with Gasteiger partial charge in [0.1, 0.15) is 0 Å². The number of rotatable bonds is 6. The molecule has 0 aliphatic heterocycles. The predicted molar refractivity (Wildman–Crippen MR) is 103 cm³/mol. The van der Waals surface area contributed by atoms with Crippen LogP contribution >= 0.6 is 27.5 Å². The summed E-state index contributed by atoms with van der Waals surface area (Å²) in [5.74, 6) is 0.662. The van der Waals surface area contributed by atoms with E-state index in [2.05, 4.69) is 26.5 Å². The maximum absolute atomic E-state index is 12.1. The number of hydrogen-bond acceptors (Lipinski definition) is 4. The van der Waals surface area contributed by atoms with Gasteiger partial charge in [-0.1, -0.05) is 23.7 Å². The van der Waals surface area contributed by atoms with Gasteiger partial charge in [0.05, 0.1) is 30.0 Å². The van der Waals surface area contributed by atoms with E-state index in [0.29, 0.717) is 32.1 Å². The van der Waals surface area contributed by atoms with Crippen LogP contribution in [0, 0.1) is 0 Å². The third-order valence-corrected chi connectivity index (χ3v) is 4.08. The fourth-order valence-electron chi connectivity index (χ4n) is 2.04. The Hall–Kier alpha value is -2.05. The SMILES string of the molecule is COc1cc(/C=N/NC(=O)c2ccccc2Br)cc(Cl)c1OC(C)C. The molecular formula is C18H18BrClN2O3. The molecule has 2 aromatic carbocycles. The Morgan fingerprint density at radius 3 is 2.68 bits per heavy atom. The van der Waals surface area contributed by atoms with Gasteiger partial charge in [-0.3, -0.25) is 4.79 Å². The third kappa shape index (κ3) is 5.21. The average molecular weight is 426 g/mol. The van der Waals surface area contributed by atoms with Gasteiger partial charge in [-0.2, -0.15) is 5.10 Å². The van der Waals surface area contributed by atoms with Crippen molar-refractivity contribution >= 4 is 39.7 Å². The number of carbonyl (C=O) groups excluding carboxylic acids is 1. The van der Waals surface area contributed by atoms with Crippen molar-refractivity contribution in [3.05, 3.63) is 57.0 Å². The van der Waals surface area contributed by atoms with E-state index in [0.717, 1.165) is 0 Å². The minimum absolute atomic E-state index is 0.0328. The monoisotopic (exact) mass is 424 g/mol. The first kappa shape index (κ1) is 19.3. The first-order valence-electron chi connectivity index (χ1n) is 7.54. The van der Waals surface area contributed by atoms with Crippen LogP contribution in [0.4, 0.5) is 0 Å². The van der Waals surface area contributed by atoms with Crippen LogP contribution in [0.3, 0.4) is 0 Å². The molecule has 0 aliphatic carbocycles. The van der Waals surface area contributed by atoms with Gasteiger partial charge in [-0.25, -0.2) is 5.43 Å². The normalized spacial score (nSPS) is 11.0. The molecule has 0 bridgehead atoms. The second kappa shape index (κ2) is 8.87. The number of hydrazone groups is 1. The molecule has 0 aromatic heterocycles. The highest BCUT2D eigenvalue weighted by atomic mass is 79.9. The zero-order valence-corrected chi connectivity index (χ0v) is 16.4. The largest absolute Gasteiger partial charge is 0.493 e. The molecular weight excluding hydrogens is 408 g/mol. The summed E-state index contributed by atoms with van der Waals surface area (Å²) in [6.07, 6.45) is 1.46. The van der Waals surface area contributed by atoms with Crippen molar-refractivity contribution in [1.82, 2.24) is 5.43 Å². The highest BCUT2D eigenvalue weighted by molar-refractivity contribution is 9.10. The summed E-state index contributed by atoms with van der Waals surface area (Å²) in [6.45, 7) is 3.81. The summed E-state index contributed by atoms with van der Waals surface area (Å²) >= 11 is 9.58. The lowest BCUT2D eigenvalue weighted by Gasteiger charge is -2.15. The minimum Gasteiger partial charge on any atom is -0.493 e. The molecule has 0 unspecified atom stereocenters. The van der Waals surface area contributed by atoms with E-state index < -0.39 is 0 Å². The van der Waals surface area contributed by atoms with Gasteiger partial charge in [-0.05, 0) is 59.6 Å². The first-order chi connectivity index (χ1) is 11.9. The zero-order chi connectivity index (χ0) is 18.4. The summed E-state index contributed by atoms with van der Waals surface area (Å²) in [6, 6.07) is 10.5. The first-order valence-corrected chi connectivity index (χ1v) is 8.71. The fraction of sp³-hybridized carbons (Fsp3) is 0.222. The van der Waals surface area contributed by atoms with E-state index in [9.17, 15) is 4.79 Å². The van der Waals surface area contributed by atoms with Crippen molar-refractivity contribution in [1.29, 1.82) is 0 Å². The molecule has 1 N–H and O–H groups in total. The Bertz CT molecular complexity index is 794. The van der Waals surface area contributed by atoms with E-state index >= 15 is 0 Å². The van der Waals surface area contributed by atoms with Crippen molar-refractivity contribution in [3.63, 3.8) is 0 Å². The number of nitrogens with zero attached hydrogens (tertiary/aromatic N) is 1. The number of methoxy groups -OCH3 is 1. The van der Waals surface area contributed by atoms with Crippen LogP contribution in [0.1, 0.15) is 29.8 Å². The van der Waals surface area contributed by atoms with Gasteiger partial charge in [0, 0.05) is 4.47 Å². The molecule has 0 aliphatic rings. The Kier molecular flexibility index (Phi) is 6.84. The number of ether oxygens (including phenoxy) is 2. The summed E-state index contributed by atoms with van der Waals surface area (Å²) < 4.78 is 11.7. The molecule has 0 radical (unpaired) electrons. The third-order valence-electron chi connectivity index (χ3n) is 3.10. The van der Waals surface area contributed by atoms with Crippen LogP contribution in [0.15, 0.2) is 46.0 Å². The lowest BCUT2D eigenvalue weighted by Crippen LogP contribution is -2.18. The Balaban J connectivity index is 2.14.